The summed E-state index contributed by atoms with van der Waals surface area (Å²) in [6.45, 7) is 6.53. The Hall–Kier alpha value is -2.75. The molecule has 0 N–H and O–H groups in total. The van der Waals surface area contributed by atoms with Crippen molar-refractivity contribution >= 4 is 22.2 Å². The van der Waals surface area contributed by atoms with Crippen LogP contribution >= 0.6 is 0 Å². The van der Waals surface area contributed by atoms with Crippen LogP contribution in [0.25, 0.3) is 11.3 Å². The summed E-state index contributed by atoms with van der Waals surface area (Å²) in [6, 6.07) is 7.49. The van der Waals surface area contributed by atoms with Gasteiger partial charge in [-0.3, -0.25) is 4.79 Å². The predicted molar refractivity (Wildman–Crippen MR) is 106 cm³/mol. The summed E-state index contributed by atoms with van der Waals surface area (Å²) in [5, 5.41) is 0. The van der Waals surface area contributed by atoms with Crippen molar-refractivity contribution in [2.45, 2.75) is 38.9 Å². The van der Waals surface area contributed by atoms with Crippen molar-refractivity contribution in [1.29, 1.82) is 0 Å². The predicted octanol–water partition coefficient (Wildman–Crippen LogP) is 4.60. The van der Waals surface area contributed by atoms with Crippen LogP contribution < -0.4 is 4.90 Å². The van der Waals surface area contributed by atoms with E-state index >= 15 is 0 Å². The second-order valence-electron chi connectivity index (χ2n) is 7.99. The first kappa shape index (κ1) is 21.9. The van der Waals surface area contributed by atoms with Gasteiger partial charge in [-0.1, -0.05) is 23.4 Å². The number of carbonyl (C=O) groups is 1. The molecule has 6 nitrogen and oxygen atoms in total. The van der Waals surface area contributed by atoms with Gasteiger partial charge in [0.15, 0.2) is 0 Å². The minimum atomic E-state index is -4.50. The van der Waals surface area contributed by atoms with Crippen LogP contribution in [0.3, 0.4) is 0 Å². The second-order valence-corrected chi connectivity index (χ2v) is 8.61. The van der Waals surface area contributed by atoms with Crippen molar-refractivity contribution in [3.8, 4) is 11.3 Å². The summed E-state index contributed by atoms with van der Waals surface area (Å²) in [6.07, 6.45) is -3.70. The first-order valence-electron chi connectivity index (χ1n) is 9.20. The van der Waals surface area contributed by atoms with E-state index in [4.69, 9.17) is 0 Å². The van der Waals surface area contributed by atoms with Crippen LogP contribution in [0.2, 0.25) is 0 Å². The van der Waals surface area contributed by atoms with Crippen LogP contribution in [0.15, 0.2) is 40.8 Å². The zero-order valence-electron chi connectivity index (χ0n) is 16.6. The molecular formula is C20H20F3N3O3S. The molecule has 0 aliphatic carbocycles. The lowest BCUT2D eigenvalue weighted by Crippen LogP contribution is -2.39. The zero-order valence-corrected chi connectivity index (χ0v) is 17.4. The Morgan fingerprint density at radius 3 is 2.50 bits per heavy atom. The van der Waals surface area contributed by atoms with E-state index in [9.17, 15) is 26.4 Å². The highest BCUT2D eigenvalue weighted by Crippen LogP contribution is 2.39. The molecule has 1 saturated heterocycles. The molecule has 1 fully saturated rings. The van der Waals surface area contributed by atoms with Gasteiger partial charge in [0.2, 0.25) is 0 Å². The first-order valence-corrected chi connectivity index (χ1v) is 10.2. The van der Waals surface area contributed by atoms with Gasteiger partial charge in [-0.25, -0.2) is 4.98 Å². The highest BCUT2D eigenvalue weighted by Gasteiger charge is 2.39. The molecule has 0 radical (unpaired) electrons. The summed E-state index contributed by atoms with van der Waals surface area (Å²) in [5.41, 5.74) is -0.733. The number of hydrogen-bond donors (Lipinski definition) is 0. The maximum Gasteiger partial charge on any atom is 0.416 e. The molecule has 10 heteroatoms. The van der Waals surface area contributed by atoms with Gasteiger partial charge >= 0.3 is 16.7 Å². The Labute approximate surface area is 173 Å². The number of benzene rings is 1. The van der Waals surface area contributed by atoms with Gasteiger partial charge in [-0.15, -0.1) is 0 Å². The van der Waals surface area contributed by atoms with E-state index in [1.807, 2.05) is 25.7 Å². The van der Waals surface area contributed by atoms with Gasteiger partial charge in [-0.2, -0.15) is 21.6 Å². The number of halogens is 3. The minimum absolute atomic E-state index is 0.0166. The van der Waals surface area contributed by atoms with E-state index < -0.39 is 28.1 Å². The Bertz CT molecular complexity index is 1120. The second kappa shape index (κ2) is 7.82. The maximum atomic E-state index is 13.1. The Morgan fingerprint density at radius 1 is 1.23 bits per heavy atom. The average molecular weight is 439 g/mol. The maximum absolute atomic E-state index is 13.1. The number of hydrogen-bond acceptors (Lipinski definition) is 5. The van der Waals surface area contributed by atoms with Gasteiger partial charge in [-0.05, 0) is 50.5 Å². The minimum Gasteiger partial charge on any atom is -0.351 e. The van der Waals surface area contributed by atoms with E-state index in [2.05, 4.69) is 9.35 Å². The van der Waals surface area contributed by atoms with Crippen molar-refractivity contribution in [3.05, 3.63) is 47.5 Å². The summed E-state index contributed by atoms with van der Waals surface area (Å²) in [5.74, 6) is -0.484. The van der Waals surface area contributed by atoms with Crippen molar-refractivity contribution in [2.75, 3.05) is 11.4 Å². The van der Waals surface area contributed by atoms with Crippen LogP contribution in [-0.4, -0.2) is 31.4 Å². The van der Waals surface area contributed by atoms with Gasteiger partial charge in [0.25, 0.3) is 5.91 Å². The average Bonchev–Trinajstić information content (AvgIpc) is 2.92. The van der Waals surface area contributed by atoms with E-state index in [1.165, 1.54) is 24.3 Å². The molecule has 1 aromatic carbocycles. The third kappa shape index (κ3) is 4.53. The van der Waals surface area contributed by atoms with Crippen LogP contribution in [0, 0.1) is 5.92 Å². The smallest absolute Gasteiger partial charge is 0.351 e. The lowest BCUT2D eigenvalue weighted by Gasteiger charge is -2.33. The molecule has 160 valence electrons. The van der Waals surface area contributed by atoms with Crippen molar-refractivity contribution in [2.24, 2.45) is 10.3 Å². The summed E-state index contributed by atoms with van der Waals surface area (Å²) < 4.78 is 64.1. The molecule has 0 bridgehead atoms. The van der Waals surface area contributed by atoms with Crippen LogP contribution in [0.1, 0.15) is 43.1 Å². The third-order valence-corrected chi connectivity index (χ3v) is 5.39. The van der Waals surface area contributed by atoms with E-state index in [0.29, 0.717) is 6.54 Å². The molecule has 1 aromatic heterocycles. The molecule has 2 aromatic rings. The van der Waals surface area contributed by atoms with Gasteiger partial charge in [0.05, 0.1) is 16.8 Å². The zero-order chi connectivity index (χ0) is 22.3. The Morgan fingerprint density at radius 2 is 1.93 bits per heavy atom. The first-order chi connectivity index (χ1) is 13.9. The molecule has 1 atom stereocenters. The van der Waals surface area contributed by atoms with E-state index in [0.717, 1.165) is 18.6 Å². The fourth-order valence-electron chi connectivity index (χ4n) is 3.91. The number of alkyl halides is 3. The number of aromatic nitrogens is 1. The van der Waals surface area contributed by atoms with Gasteiger partial charge in [0.1, 0.15) is 5.82 Å². The Kier molecular flexibility index (Phi) is 5.72. The van der Waals surface area contributed by atoms with Crippen molar-refractivity contribution in [1.82, 2.24) is 4.98 Å². The fraction of sp³-hybridized carbons (Fsp3) is 0.400. The summed E-state index contributed by atoms with van der Waals surface area (Å²) >= 11 is 0. The molecular weight excluding hydrogens is 419 g/mol. The molecule has 0 unspecified atom stereocenters. The molecule has 1 aliphatic rings. The molecule has 0 saturated carbocycles. The van der Waals surface area contributed by atoms with Crippen LogP contribution in [-0.2, 0) is 16.7 Å². The summed E-state index contributed by atoms with van der Waals surface area (Å²) in [7, 11) is -2.93. The van der Waals surface area contributed by atoms with Crippen molar-refractivity contribution < 1.29 is 26.4 Å². The number of rotatable bonds is 3. The molecule has 1 amide bonds. The highest BCUT2D eigenvalue weighted by atomic mass is 32.2. The Balaban J connectivity index is 2.18. The lowest BCUT2D eigenvalue weighted by atomic mass is 9.97. The molecule has 3 rings (SSSR count). The molecule has 0 spiro atoms. The molecule has 2 heterocycles. The number of carbonyl (C=O) groups excluding carboxylic acids is 1. The van der Waals surface area contributed by atoms with E-state index in [-0.39, 0.29) is 34.1 Å². The van der Waals surface area contributed by atoms with Crippen molar-refractivity contribution in [3.63, 3.8) is 0 Å². The number of amides is 1. The third-order valence-electron chi connectivity index (χ3n) is 5.08. The van der Waals surface area contributed by atoms with Crippen LogP contribution in [0.4, 0.5) is 19.0 Å². The molecule has 30 heavy (non-hydrogen) atoms. The lowest BCUT2D eigenvalue weighted by molar-refractivity contribution is -0.137. The van der Waals surface area contributed by atoms with Gasteiger partial charge in [0, 0.05) is 17.6 Å². The topological polar surface area (TPSA) is 79.7 Å². The number of pyridine rings is 1. The number of nitrogens with zero attached hydrogens (tertiary/aromatic N) is 3. The standard InChI is InChI=1S/C20H20F3N3O3S/c1-12-10-19(2,3)26(11-12)17-15(18(27)25-30(28)29)7-8-16(24-17)13-5-4-6-14(9-13)20(21,22)23/h4-9,12H,10-11H2,1-3H3/t12-/m0/s1. The van der Waals surface area contributed by atoms with E-state index in [1.54, 1.807) is 0 Å². The van der Waals surface area contributed by atoms with Gasteiger partial charge < -0.3 is 4.90 Å². The molecule has 1 aliphatic heterocycles. The fourth-order valence-corrected chi connectivity index (χ4v) is 4.15. The highest BCUT2D eigenvalue weighted by molar-refractivity contribution is 7.62. The number of anilines is 1. The monoisotopic (exact) mass is 439 g/mol. The van der Waals surface area contributed by atoms with Crippen LogP contribution in [0.5, 0.6) is 0 Å². The summed E-state index contributed by atoms with van der Waals surface area (Å²) in [4.78, 5) is 18.7. The normalized spacial score (nSPS) is 18.3. The largest absolute Gasteiger partial charge is 0.416 e. The SMILES string of the molecule is C[C@@H]1CN(c2nc(-c3cccc(C(F)(F)F)c3)ccc2C(=O)N=S(=O)=O)C(C)(C)C1. The quantitative estimate of drug-likeness (QED) is 0.699.